The van der Waals surface area contributed by atoms with Gasteiger partial charge in [-0.15, -0.1) is 0 Å². The third-order valence-electron chi connectivity index (χ3n) is 8.47. The SMILES string of the molecule is CCCCCCCCCC(CCCCCCCC)(CCCCCCCC)N(CCCC)CCCC. The van der Waals surface area contributed by atoms with Gasteiger partial charge < -0.3 is 0 Å². The van der Waals surface area contributed by atoms with Gasteiger partial charge in [0.25, 0.3) is 0 Å². The second-order valence-electron chi connectivity index (χ2n) is 11.8. The Bertz CT molecular complexity index is 366. The Labute approximate surface area is 225 Å². The Kier molecular flexibility index (Phi) is 27.0. The van der Waals surface area contributed by atoms with Crippen molar-refractivity contribution in [1.29, 1.82) is 0 Å². The fraction of sp³-hybridized carbons (Fsp3) is 1.00. The molecule has 35 heavy (non-hydrogen) atoms. The monoisotopic (exact) mass is 494 g/mol. The highest BCUT2D eigenvalue weighted by Gasteiger charge is 2.34. The fourth-order valence-electron chi connectivity index (χ4n) is 6.01. The summed E-state index contributed by atoms with van der Waals surface area (Å²) in [6.45, 7) is 14.5. The Balaban J connectivity index is 5.25. The molecule has 0 fully saturated rings. The molecule has 0 amide bonds. The van der Waals surface area contributed by atoms with E-state index in [0.29, 0.717) is 5.54 Å². The van der Waals surface area contributed by atoms with Crippen LogP contribution in [0.5, 0.6) is 0 Å². The second-order valence-corrected chi connectivity index (χ2v) is 11.8. The van der Waals surface area contributed by atoms with E-state index in [1.165, 1.54) is 180 Å². The van der Waals surface area contributed by atoms with E-state index < -0.39 is 0 Å². The molecule has 0 aromatic heterocycles. The first-order chi connectivity index (χ1) is 17.2. The Morgan fingerprint density at radius 3 is 0.857 bits per heavy atom. The van der Waals surface area contributed by atoms with Gasteiger partial charge in [-0.25, -0.2) is 0 Å². The van der Waals surface area contributed by atoms with Crippen LogP contribution in [-0.4, -0.2) is 23.5 Å². The average Bonchev–Trinajstić information content (AvgIpc) is 2.87. The van der Waals surface area contributed by atoms with Crippen LogP contribution in [-0.2, 0) is 0 Å². The summed E-state index contributed by atoms with van der Waals surface area (Å²) in [5, 5.41) is 0. The molecular weight excluding hydrogens is 422 g/mol. The van der Waals surface area contributed by atoms with E-state index in [1.54, 1.807) is 0 Å². The van der Waals surface area contributed by atoms with Gasteiger partial charge in [-0.3, -0.25) is 4.90 Å². The lowest BCUT2D eigenvalue weighted by molar-refractivity contribution is 0.0495. The van der Waals surface area contributed by atoms with Crippen molar-refractivity contribution in [2.24, 2.45) is 0 Å². The summed E-state index contributed by atoms with van der Waals surface area (Å²) in [5.41, 5.74) is 0.489. The first kappa shape index (κ1) is 35.0. The minimum Gasteiger partial charge on any atom is -0.298 e. The number of rotatable bonds is 29. The zero-order valence-corrected chi connectivity index (χ0v) is 25.7. The van der Waals surface area contributed by atoms with Crippen molar-refractivity contribution in [3.63, 3.8) is 0 Å². The lowest BCUT2D eigenvalue weighted by Gasteiger charge is -2.46. The third-order valence-corrected chi connectivity index (χ3v) is 8.47. The van der Waals surface area contributed by atoms with E-state index in [-0.39, 0.29) is 0 Å². The van der Waals surface area contributed by atoms with E-state index in [1.807, 2.05) is 0 Å². The molecule has 212 valence electrons. The van der Waals surface area contributed by atoms with Crippen molar-refractivity contribution in [2.75, 3.05) is 13.1 Å². The van der Waals surface area contributed by atoms with Gasteiger partial charge in [-0.1, -0.05) is 169 Å². The van der Waals surface area contributed by atoms with Crippen LogP contribution in [0.3, 0.4) is 0 Å². The zero-order valence-electron chi connectivity index (χ0n) is 25.7. The van der Waals surface area contributed by atoms with Gasteiger partial charge in [0.1, 0.15) is 0 Å². The fourth-order valence-corrected chi connectivity index (χ4v) is 6.01. The predicted molar refractivity (Wildman–Crippen MR) is 163 cm³/mol. The van der Waals surface area contributed by atoms with E-state index in [4.69, 9.17) is 0 Å². The van der Waals surface area contributed by atoms with Gasteiger partial charge in [0.15, 0.2) is 0 Å². The minimum atomic E-state index is 0.489. The van der Waals surface area contributed by atoms with Crippen LogP contribution in [0.25, 0.3) is 0 Å². The molecule has 0 aliphatic carbocycles. The highest BCUT2D eigenvalue weighted by Crippen LogP contribution is 2.36. The maximum Gasteiger partial charge on any atom is 0.0209 e. The molecule has 0 rings (SSSR count). The molecule has 0 saturated carbocycles. The molecule has 0 saturated heterocycles. The first-order valence-electron chi connectivity index (χ1n) is 17.0. The molecule has 0 heterocycles. The summed E-state index contributed by atoms with van der Waals surface area (Å²) in [4.78, 5) is 3.05. The third kappa shape index (κ3) is 19.7. The second kappa shape index (κ2) is 27.0. The average molecular weight is 494 g/mol. The van der Waals surface area contributed by atoms with Crippen molar-refractivity contribution >= 4 is 0 Å². The minimum absolute atomic E-state index is 0.489. The van der Waals surface area contributed by atoms with Gasteiger partial charge in [-0.05, 0) is 45.2 Å². The lowest BCUT2D eigenvalue weighted by Crippen LogP contribution is -2.50. The van der Waals surface area contributed by atoms with E-state index in [2.05, 4.69) is 39.5 Å². The standard InChI is InChI=1S/C34H71N/c1-6-11-16-19-22-25-28-31-34(29-26-23-20-17-12-7-2,30-27-24-21-18-13-8-3)35(32-14-9-4)33-15-10-5/h6-33H2,1-5H3. The first-order valence-corrected chi connectivity index (χ1v) is 17.0. The van der Waals surface area contributed by atoms with Crippen LogP contribution in [0.4, 0.5) is 0 Å². The van der Waals surface area contributed by atoms with Crippen molar-refractivity contribution in [3.8, 4) is 0 Å². The van der Waals surface area contributed by atoms with Crippen LogP contribution in [0.1, 0.15) is 202 Å². The molecule has 0 N–H and O–H groups in total. The molecule has 0 bridgehead atoms. The summed E-state index contributed by atoms with van der Waals surface area (Å²) < 4.78 is 0. The van der Waals surface area contributed by atoms with Gasteiger partial charge >= 0.3 is 0 Å². The molecule has 1 nitrogen and oxygen atoms in total. The Hall–Kier alpha value is -0.0400. The summed E-state index contributed by atoms with van der Waals surface area (Å²) >= 11 is 0. The Morgan fingerprint density at radius 1 is 0.314 bits per heavy atom. The smallest absolute Gasteiger partial charge is 0.0209 e. The number of hydrogen-bond donors (Lipinski definition) is 0. The van der Waals surface area contributed by atoms with E-state index >= 15 is 0 Å². The zero-order chi connectivity index (χ0) is 25.9. The van der Waals surface area contributed by atoms with Crippen LogP contribution in [0.15, 0.2) is 0 Å². The highest BCUT2D eigenvalue weighted by atomic mass is 15.2. The van der Waals surface area contributed by atoms with Crippen LogP contribution >= 0.6 is 0 Å². The molecule has 1 heteroatoms. The molecule has 0 aliphatic heterocycles. The van der Waals surface area contributed by atoms with Crippen LogP contribution < -0.4 is 0 Å². The van der Waals surface area contributed by atoms with Gasteiger partial charge in [-0.2, -0.15) is 0 Å². The van der Waals surface area contributed by atoms with Crippen LogP contribution in [0.2, 0.25) is 0 Å². The molecule has 0 aromatic carbocycles. The summed E-state index contributed by atoms with van der Waals surface area (Å²) in [7, 11) is 0. The largest absolute Gasteiger partial charge is 0.298 e. The number of hydrogen-bond acceptors (Lipinski definition) is 1. The number of nitrogens with zero attached hydrogens (tertiary/aromatic N) is 1. The Morgan fingerprint density at radius 2 is 0.571 bits per heavy atom. The molecular formula is C34H71N. The molecule has 0 unspecified atom stereocenters. The summed E-state index contributed by atoms with van der Waals surface area (Å²) in [5.74, 6) is 0. The summed E-state index contributed by atoms with van der Waals surface area (Å²) in [6, 6.07) is 0. The summed E-state index contributed by atoms with van der Waals surface area (Å²) in [6.07, 6.45) is 37.2. The quantitative estimate of drug-likeness (QED) is 0.0936. The molecule has 0 radical (unpaired) electrons. The maximum absolute atomic E-state index is 3.05. The van der Waals surface area contributed by atoms with Gasteiger partial charge in [0.05, 0.1) is 0 Å². The molecule has 0 aliphatic rings. The lowest BCUT2D eigenvalue weighted by atomic mass is 9.79. The topological polar surface area (TPSA) is 3.24 Å². The van der Waals surface area contributed by atoms with Crippen LogP contribution in [0, 0.1) is 0 Å². The van der Waals surface area contributed by atoms with Gasteiger partial charge in [0, 0.05) is 5.54 Å². The van der Waals surface area contributed by atoms with E-state index in [9.17, 15) is 0 Å². The number of unbranched alkanes of at least 4 members (excludes halogenated alkanes) is 18. The maximum atomic E-state index is 3.05. The molecule has 0 atom stereocenters. The predicted octanol–water partition coefficient (Wildman–Crippen LogP) is 12.3. The van der Waals surface area contributed by atoms with Gasteiger partial charge in [0.2, 0.25) is 0 Å². The molecule has 0 aromatic rings. The van der Waals surface area contributed by atoms with Crippen molar-refractivity contribution in [3.05, 3.63) is 0 Å². The normalized spacial score (nSPS) is 12.2. The van der Waals surface area contributed by atoms with Crippen molar-refractivity contribution in [1.82, 2.24) is 4.90 Å². The molecule has 0 spiro atoms. The van der Waals surface area contributed by atoms with Crippen molar-refractivity contribution < 1.29 is 0 Å². The van der Waals surface area contributed by atoms with E-state index in [0.717, 1.165) is 0 Å². The van der Waals surface area contributed by atoms with Crippen molar-refractivity contribution in [2.45, 2.75) is 207 Å². The highest BCUT2D eigenvalue weighted by molar-refractivity contribution is 4.91.